The Balaban J connectivity index is 2.28. The van der Waals surface area contributed by atoms with Crippen molar-refractivity contribution < 1.29 is 19.4 Å². The third-order valence-corrected chi connectivity index (χ3v) is 2.20. The van der Waals surface area contributed by atoms with Crippen molar-refractivity contribution in [3.63, 3.8) is 0 Å². The van der Waals surface area contributed by atoms with E-state index in [1.807, 2.05) is 13.8 Å². The summed E-state index contributed by atoms with van der Waals surface area (Å²) in [6, 6.07) is 0. The second-order valence-electron chi connectivity index (χ2n) is 3.40. The summed E-state index contributed by atoms with van der Waals surface area (Å²) in [4.78, 5) is 11.3. The number of aliphatic hydroxyl groups excluding tert-OH is 1. The molecule has 0 aromatic rings. The largest absolute Gasteiger partial charge is 0.435 e. The zero-order valence-corrected chi connectivity index (χ0v) is 8.03. The molecule has 0 radical (unpaired) electrons. The SMILES string of the molecule is CCC(C)C(=O)OC1CC(O)CO1. The van der Waals surface area contributed by atoms with Gasteiger partial charge in [0.1, 0.15) is 0 Å². The molecular formula is C9H16O4. The van der Waals surface area contributed by atoms with Gasteiger partial charge in [-0.05, 0) is 6.42 Å². The van der Waals surface area contributed by atoms with E-state index in [1.165, 1.54) is 0 Å². The fourth-order valence-corrected chi connectivity index (χ4v) is 1.07. The number of hydrogen-bond donors (Lipinski definition) is 1. The number of aliphatic hydroxyl groups is 1. The zero-order chi connectivity index (χ0) is 9.84. The molecule has 1 rings (SSSR count). The summed E-state index contributed by atoms with van der Waals surface area (Å²) in [6.07, 6.45) is 0.113. The van der Waals surface area contributed by atoms with Crippen LogP contribution >= 0.6 is 0 Å². The van der Waals surface area contributed by atoms with E-state index in [4.69, 9.17) is 14.6 Å². The molecule has 1 saturated heterocycles. The predicted molar refractivity (Wildman–Crippen MR) is 45.9 cm³/mol. The van der Waals surface area contributed by atoms with E-state index in [-0.39, 0.29) is 18.5 Å². The maximum Gasteiger partial charge on any atom is 0.310 e. The summed E-state index contributed by atoms with van der Waals surface area (Å²) in [5.74, 6) is -0.344. The van der Waals surface area contributed by atoms with Crippen LogP contribution in [0.5, 0.6) is 0 Å². The van der Waals surface area contributed by atoms with Crippen LogP contribution in [-0.4, -0.2) is 30.1 Å². The second-order valence-corrected chi connectivity index (χ2v) is 3.40. The molecule has 3 unspecified atom stereocenters. The van der Waals surface area contributed by atoms with Gasteiger partial charge in [-0.15, -0.1) is 0 Å². The van der Waals surface area contributed by atoms with Crippen molar-refractivity contribution >= 4 is 5.97 Å². The molecule has 0 saturated carbocycles. The zero-order valence-electron chi connectivity index (χ0n) is 8.03. The maximum atomic E-state index is 11.3. The number of esters is 1. The van der Waals surface area contributed by atoms with Crippen molar-refractivity contribution in [3.05, 3.63) is 0 Å². The van der Waals surface area contributed by atoms with Gasteiger partial charge < -0.3 is 14.6 Å². The summed E-state index contributed by atoms with van der Waals surface area (Å²) in [7, 11) is 0. The molecule has 76 valence electrons. The molecule has 0 aliphatic carbocycles. The smallest absolute Gasteiger partial charge is 0.310 e. The fourth-order valence-electron chi connectivity index (χ4n) is 1.07. The average molecular weight is 188 g/mol. The lowest BCUT2D eigenvalue weighted by Gasteiger charge is -2.13. The predicted octanol–water partition coefficient (Wildman–Crippen LogP) is 0.683. The summed E-state index contributed by atoms with van der Waals surface area (Å²) in [5, 5.41) is 9.09. The van der Waals surface area contributed by atoms with E-state index in [0.717, 1.165) is 6.42 Å². The van der Waals surface area contributed by atoms with E-state index < -0.39 is 12.4 Å². The Morgan fingerprint density at radius 3 is 2.92 bits per heavy atom. The Labute approximate surface area is 77.8 Å². The van der Waals surface area contributed by atoms with Crippen molar-refractivity contribution in [2.24, 2.45) is 5.92 Å². The Kier molecular flexibility index (Phi) is 3.69. The normalized spacial score (nSPS) is 30.1. The van der Waals surface area contributed by atoms with Crippen LogP contribution in [0.1, 0.15) is 26.7 Å². The van der Waals surface area contributed by atoms with E-state index in [9.17, 15) is 4.79 Å². The number of carbonyl (C=O) groups excluding carboxylic acids is 1. The van der Waals surface area contributed by atoms with Crippen LogP contribution in [0.25, 0.3) is 0 Å². The number of hydrogen-bond acceptors (Lipinski definition) is 4. The van der Waals surface area contributed by atoms with Gasteiger partial charge >= 0.3 is 5.97 Å². The number of rotatable bonds is 3. The van der Waals surface area contributed by atoms with Crippen molar-refractivity contribution in [2.45, 2.75) is 39.1 Å². The van der Waals surface area contributed by atoms with Crippen LogP contribution in [0.15, 0.2) is 0 Å². The molecule has 0 aromatic carbocycles. The van der Waals surface area contributed by atoms with E-state index >= 15 is 0 Å². The topological polar surface area (TPSA) is 55.8 Å². The van der Waals surface area contributed by atoms with Crippen LogP contribution in [-0.2, 0) is 14.3 Å². The fraction of sp³-hybridized carbons (Fsp3) is 0.889. The standard InChI is InChI=1S/C9H16O4/c1-3-6(2)9(11)13-8-4-7(10)5-12-8/h6-8,10H,3-5H2,1-2H3. The Hall–Kier alpha value is -0.610. The molecular weight excluding hydrogens is 172 g/mol. The lowest BCUT2D eigenvalue weighted by atomic mass is 10.1. The monoisotopic (exact) mass is 188 g/mol. The van der Waals surface area contributed by atoms with Gasteiger partial charge in [0.25, 0.3) is 0 Å². The molecule has 1 aliphatic heterocycles. The highest BCUT2D eigenvalue weighted by molar-refractivity contribution is 5.71. The molecule has 1 fully saturated rings. The maximum absolute atomic E-state index is 11.3. The number of carbonyl (C=O) groups is 1. The molecule has 3 atom stereocenters. The molecule has 1 N–H and O–H groups in total. The van der Waals surface area contributed by atoms with Gasteiger partial charge in [-0.3, -0.25) is 4.79 Å². The number of ether oxygens (including phenoxy) is 2. The van der Waals surface area contributed by atoms with Gasteiger partial charge in [0.15, 0.2) is 0 Å². The molecule has 1 heterocycles. The third-order valence-electron chi connectivity index (χ3n) is 2.20. The van der Waals surface area contributed by atoms with Gasteiger partial charge in [0.2, 0.25) is 6.29 Å². The summed E-state index contributed by atoms with van der Waals surface area (Å²) < 4.78 is 10.1. The van der Waals surface area contributed by atoms with Crippen LogP contribution < -0.4 is 0 Å². The minimum Gasteiger partial charge on any atom is -0.435 e. The van der Waals surface area contributed by atoms with Crippen LogP contribution in [0.2, 0.25) is 0 Å². The van der Waals surface area contributed by atoms with Crippen molar-refractivity contribution in [1.29, 1.82) is 0 Å². The highest BCUT2D eigenvalue weighted by Crippen LogP contribution is 2.16. The quantitative estimate of drug-likeness (QED) is 0.662. The average Bonchev–Trinajstić information content (AvgIpc) is 2.49. The molecule has 0 bridgehead atoms. The first-order chi connectivity index (χ1) is 6.13. The summed E-state index contributed by atoms with van der Waals surface area (Å²) >= 11 is 0. The van der Waals surface area contributed by atoms with Gasteiger partial charge in [-0.2, -0.15) is 0 Å². The van der Waals surface area contributed by atoms with Crippen LogP contribution in [0.4, 0.5) is 0 Å². The van der Waals surface area contributed by atoms with Gasteiger partial charge in [0, 0.05) is 6.42 Å². The van der Waals surface area contributed by atoms with Gasteiger partial charge in [-0.25, -0.2) is 0 Å². The van der Waals surface area contributed by atoms with E-state index in [1.54, 1.807) is 0 Å². The van der Waals surface area contributed by atoms with Crippen molar-refractivity contribution in [2.75, 3.05) is 6.61 Å². The van der Waals surface area contributed by atoms with E-state index in [0.29, 0.717) is 6.42 Å². The first kappa shape index (κ1) is 10.5. The van der Waals surface area contributed by atoms with E-state index in [2.05, 4.69) is 0 Å². The third kappa shape index (κ3) is 2.97. The van der Waals surface area contributed by atoms with Gasteiger partial charge in [-0.1, -0.05) is 13.8 Å². The summed E-state index contributed by atoms with van der Waals surface area (Å²) in [5.41, 5.74) is 0. The minimum atomic E-state index is -0.545. The lowest BCUT2D eigenvalue weighted by Crippen LogP contribution is -2.22. The second kappa shape index (κ2) is 4.58. The van der Waals surface area contributed by atoms with Crippen molar-refractivity contribution in [3.8, 4) is 0 Å². The first-order valence-corrected chi connectivity index (χ1v) is 4.63. The summed E-state index contributed by atoms with van der Waals surface area (Å²) in [6.45, 7) is 4.00. The molecule has 13 heavy (non-hydrogen) atoms. The molecule has 4 nitrogen and oxygen atoms in total. The minimum absolute atomic E-state index is 0.0960. The molecule has 0 spiro atoms. The molecule has 1 aliphatic rings. The Bertz CT molecular complexity index is 180. The Morgan fingerprint density at radius 1 is 1.77 bits per heavy atom. The highest BCUT2D eigenvalue weighted by atomic mass is 16.7. The lowest BCUT2D eigenvalue weighted by molar-refractivity contribution is -0.174. The molecule has 0 aromatic heterocycles. The van der Waals surface area contributed by atoms with Crippen LogP contribution in [0, 0.1) is 5.92 Å². The first-order valence-electron chi connectivity index (χ1n) is 4.63. The molecule has 4 heteroatoms. The van der Waals surface area contributed by atoms with Crippen molar-refractivity contribution in [1.82, 2.24) is 0 Å². The van der Waals surface area contributed by atoms with Crippen LogP contribution in [0.3, 0.4) is 0 Å². The Morgan fingerprint density at radius 2 is 2.46 bits per heavy atom. The van der Waals surface area contributed by atoms with Gasteiger partial charge in [0.05, 0.1) is 18.6 Å². The highest BCUT2D eigenvalue weighted by Gasteiger charge is 2.27. The molecule has 0 amide bonds.